The first kappa shape index (κ1) is 32.6. The summed E-state index contributed by atoms with van der Waals surface area (Å²) in [5, 5.41) is 9.24. The number of carbonyl (C=O) groups excluding carboxylic acids is 3. The van der Waals surface area contributed by atoms with Crippen LogP contribution in [0, 0.1) is 0 Å². The Morgan fingerprint density at radius 3 is 2.31 bits per heavy atom. The summed E-state index contributed by atoms with van der Waals surface area (Å²) in [6.07, 6.45) is 3.32. The molecule has 0 unspecified atom stereocenters. The van der Waals surface area contributed by atoms with Crippen molar-refractivity contribution in [2.24, 2.45) is 5.10 Å². The SMILES string of the molecule is CC(=O)Nc1ccc(S(=O)(=O)N(CCc2ccccc2)CC(=O)N/N=C/c2ccc(OCC(=O)NCc3ccco3)cc2)cc1. The van der Waals surface area contributed by atoms with Crippen molar-refractivity contribution in [1.29, 1.82) is 0 Å². The zero-order valence-electron chi connectivity index (χ0n) is 24.5. The number of ether oxygens (including phenoxy) is 1. The molecule has 0 spiro atoms. The number of rotatable bonds is 15. The first-order chi connectivity index (χ1) is 21.7. The van der Waals surface area contributed by atoms with Crippen molar-refractivity contribution in [2.45, 2.75) is 24.8 Å². The third-order valence-corrected chi connectivity index (χ3v) is 8.18. The van der Waals surface area contributed by atoms with Crippen molar-refractivity contribution in [1.82, 2.24) is 15.0 Å². The average molecular weight is 632 g/mol. The molecule has 234 valence electrons. The molecular weight excluding hydrogens is 598 g/mol. The molecule has 0 aliphatic heterocycles. The van der Waals surface area contributed by atoms with Crippen molar-refractivity contribution in [3.63, 3.8) is 0 Å². The monoisotopic (exact) mass is 631 g/mol. The highest BCUT2D eigenvalue weighted by atomic mass is 32.2. The maximum absolute atomic E-state index is 13.5. The highest BCUT2D eigenvalue weighted by Crippen LogP contribution is 2.19. The van der Waals surface area contributed by atoms with Crippen molar-refractivity contribution < 1.29 is 32.0 Å². The fraction of sp³-hybridized carbons (Fsp3) is 0.188. The third kappa shape index (κ3) is 10.4. The quantitative estimate of drug-likeness (QED) is 0.134. The Labute approximate surface area is 261 Å². The van der Waals surface area contributed by atoms with E-state index in [1.165, 1.54) is 43.7 Å². The van der Waals surface area contributed by atoms with Crippen LogP contribution in [0.15, 0.2) is 112 Å². The van der Waals surface area contributed by atoms with E-state index in [9.17, 15) is 22.8 Å². The number of benzene rings is 3. The van der Waals surface area contributed by atoms with Crippen molar-refractivity contribution in [3.05, 3.63) is 114 Å². The molecule has 0 atom stereocenters. The number of anilines is 1. The third-order valence-electron chi connectivity index (χ3n) is 6.32. The van der Waals surface area contributed by atoms with E-state index in [1.54, 1.807) is 36.4 Å². The van der Waals surface area contributed by atoms with Gasteiger partial charge in [-0.15, -0.1) is 0 Å². The van der Waals surface area contributed by atoms with E-state index in [1.807, 2.05) is 30.3 Å². The molecular formula is C32H33N5O7S. The topological polar surface area (TPSA) is 159 Å². The number of hydrogen-bond acceptors (Lipinski definition) is 8. The molecule has 0 saturated heterocycles. The lowest BCUT2D eigenvalue weighted by Crippen LogP contribution is -2.40. The van der Waals surface area contributed by atoms with Crippen LogP contribution in [0.4, 0.5) is 5.69 Å². The zero-order valence-corrected chi connectivity index (χ0v) is 25.3. The Bertz CT molecular complexity index is 1690. The number of amides is 3. The van der Waals surface area contributed by atoms with Gasteiger partial charge in [0, 0.05) is 19.2 Å². The molecule has 45 heavy (non-hydrogen) atoms. The second-order valence-corrected chi connectivity index (χ2v) is 11.7. The van der Waals surface area contributed by atoms with E-state index in [0.717, 1.165) is 9.87 Å². The van der Waals surface area contributed by atoms with Gasteiger partial charge >= 0.3 is 0 Å². The van der Waals surface area contributed by atoms with Crippen molar-refractivity contribution in [2.75, 3.05) is 25.0 Å². The molecule has 3 aromatic carbocycles. The molecule has 0 saturated carbocycles. The van der Waals surface area contributed by atoms with Gasteiger partial charge in [-0.2, -0.15) is 9.41 Å². The molecule has 0 aliphatic rings. The molecule has 1 heterocycles. The first-order valence-corrected chi connectivity index (χ1v) is 15.4. The first-order valence-electron chi connectivity index (χ1n) is 13.9. The number of carbonyl (C=O) groups is 3. The lowest BCUT2D eigenvalue weighted by atomic mass is 10.1. The minimum Gasteiger partial charge on any atom is -0.484 e. The van der Waals surface area contributed by atoms with E-state index < -0.39 is 22.5 Å². The van der Waals surface area contributed by atoms with Crippen LogP contribution in [0.5, 0.6) is 5.75 Å². The number of hydrogen-bond donors (Lipinski definition) is 3. The molecule has 0 radical (unpaired) electrons. The second kappa shape index (κ2) is 16.0. The van der Waals surface area contributed by atoms with Crippen LogP contribution in [0.25, 0.3) is 0 Å². The Hall–Kier alpha value is -5.27. The normalized spacial score (nSPS) is 11.3. The van der Waals surface area contributed by atoms with Crippen LogP contribution in [0.3, 0.4) is 0 Å². The summed E-state index contributed by atoms with van der Waals surface area (Å²) in [5.74, 6) is -0.109. The van der Waals surface area contributed by atoms with Gasteiger partial charge in [0.1, 0.15) is 11.5 Å². The van der Waals surface area contributed by atoms with Gasteiger partial charge in [-0.05, 0) is 78.2 Å². The fourth-order valence-electron chi connectivity index (χ4n) is 4.07. The molecule has 1 aromatic heterocycles. The summed E-state index contributed by atoms with van der Waals surface area (Å²) in [5.41, 5.74) is 4.39. The van der Waals surface area contributed by atoms with Crippen LogP contribution in [-0.4, -0.2) is 56.4 Å². The lowest BCUT2D eigenvalue weighted by Gasteiger charge is -2.21. The van der Waals surface area contributed by atoms with E-state index in [0.29, 0.717) is 29.2 Å². The predicted octanol–water partition coefficient (Wildman–Crippen LogP) is 3.32. The molecule has 0 fully saturated rings. The summed E-state index contributed by atoms with van der Waals surface area (Å²) < 4.78 is 38.8. The van der Waals surface area contributed by atoms with Gasteiger partial charge in [-0.25, -0.2) is 13.8 Å². The van der Waals surface area contributed by atoms with Crippen LogP contribution < -0.4 is 20.8 Å². The Morgan fingerprint density at radius 1 is 0.911 bits per heavy atom. The maximum atomic E-state index is 13.5. The van der Waals surface area contributed by atoms with Crippen molar-refractivity contribution in [3.8, 4) is 5.75 Å². The summed E-state index contributed by atoms with van der Waals surface area (Å²) >= 11 is 0. The van der Waals surface area contributed by atoms with E-state index in [2.05, 4.69) is 21.2 Å². The van der Waals surface area contributed by atoms with Crippen LogP contribution >= 0.6 is 0 Å². The molecule has 4 rings (SSSR count). The fourth-order valence-corrected chi connectivity index (χ4v) is 5.47. The average Bonchev–Trinajstić information content (AvgIpc) is 3.56. The van der Waals surface area contributed by atoms with Gasteiger partial charge in [0.05, 0.1) is 30.5 Å². The number of nitrogens with one attached hydrogen (secondary N) is 3. The van der Waals surface area contributed by atoms with Gasteiger partial charge in [0.15, 0.2) is 6.61 Å². The molecule has 12 nitrogen and oxygen atoms in total. The molecule has 4 aromatic rings. The summed E-state index contributed by atoms with van der Waals surface area (Å²) in [7, 11) is -4.06. The minimum atomic E-state index is -4.06. The largest absolute Gasteiger partial charge is 0.484 e. The Morgan fingerprint density at radius 2 is 1.64 bits per heavy atom. The van der Waals surface area contributed by atoms with E-state index >= 15 is 0 Å². The van der Waals surface area contributed by atoms with E-state index in [-0.39, 0.29) is 36.4 Å². The molecule has 0 aliphatic carbocycles. The van der Waals surface area contributed by atoms with E-state index in [4.69, 9.17) is 9.15 Å². The second-order valence-electron chi connectivity index (χ2n) is 9.79. The number of sulfonamides is 1. The van der Waals surface area contributed by atoms with Gasteiger partial charge in [-0.1, -0.05) is 30.3 Å². The van der Waals surface area contributed by atoms with Crippen molar-refractivity contribution >= 4 is 39.6 Å². The number of hydrazone groups is 1. The summed E-state index contributed by atoms with van der Waals surface area (Å²) in [6.45, 7) is 1.04. The minimum absolute atomic E-state index is 0.0155. The maximum Gasteiger partial charge on any atom is 0.258 e. The standard InChI is InChI=1S/C32H33N5O7S/c1-24(38)35-27-11-15-30(16-12-27)45(41,42)37(18-17-25-6-3-2-4-7-25)22-31(39)36-34-20-26-9-13-28(14-10-26)44-23-32(40)33-21-29-8-5-19-43-29/h2-16,19-20H,17-18,21-23H2,1H3,(H,33,40)(H,35,38)(H,36,39)/b34-20+. The Balaban J connectivity index is 1.32. The number of nitrogens with zero attached hydrogens (tertiary/aromatic N) is 2. The van der Waals surface area contributed by atoms with Gasteiger partial charge < -0.3 is 19.8 Å². The molecule has 0 bridgehead atoms. The summed E-state index contributed by atoms with van der Waals surface area (Å²) in [6, 6.07) is 25.2. The van der Waals surface area contributed by atoms with Gasteiger partial charge in [0.25, 0.3) is 11.8 Å². The smallest absolute Gasteiger partial charge is 0.258 e. The molecule has 13 heteroatoms. The van der Waals surface area contributed by atoms with Gasteiger partial charge in [0.2, 0.25) is 15.9 Å². The highest BCUT2D eigenvalue weighted by Gasteiger charge is 2.26. The van der Waals surface area contributed by atoms with Crippen LogP contribution in [0.2, 0.25) is 0 Å². The molecule has 3 amide bonds. The Kier molecular flexibility index (Phi) is 11.6. The number of furan rings is 1. The molecule has 3 N–H and O–H groups in total. The predicted molar refractivity (Wildman–Crippen MR) is 168 cm³/mol. The van der Waals surface area contributed by atoms with Crippen LogP contribution in [-0.2, 0) is 37.4 Å². The highest BCUT2D eigenvalue weighted by molar-refractivity contribution is 7.89. The summed E-state index contributed by atoms with van der Waals surface area (Å²) in [4.78, 5) is 36.1. The van der Waals surface area contributed by atoms with Gasteiger partial charge in [-0.3, -0.25) is 14.4 Å². The zero-order chi connectivity index (χ0) is 32.1. The lowest BCUT2D eigenvalue weighted by molar-refractivity contribution is -0.123. The van der Waals surface area contributed by atoms with Crippen LogP contribution in [0.1, 0.15) is 23.8 Å².